The number of pyridine rings is 1. The van der Waals surface area contributed by atoms with Crippen LogP contribution in [0.25, 0.3) is 10.9 Å². The number of benzene rings is 1. The third-order valence-electron chi connectivity index (χ3n) is 3.36. The first kappa shape index (κ1) is 10.8. The normalized spacial score (nSPS) is 15.7. The summed E-state index contributed by atoms with van der Waals surface area (Å²) in [5.41, 5.74) is 2.23. The summed E-state index contributed by atoms with van der Waals surface area (Å²) >= 11 is 6.04. The van der Waals surface area contributed by atoms with Crippen molar-refractivity contribution >= 4 is 28.3 Å². The topological polar surface area (TPSA) is 16.1 Å². The van der Waals surface area contributed by atoms with Gasteiger partial charge in [-0.2, -0.15) is 0 Å². The molecular weight excluding hydrogens is 232 g/mol. The number of para-hydroxylation sites is 1. The summed E-state index contributed by atoms with van der Waals surface area (Å²) in [6, 6.07) is 10.4. The second-order valence-electron chi connectivity index (χ2n) is 4.48. The number of alkyl halides is 1. The second-order valence-corrected chi connectivity index (χ2v) is 4.75. The number of hydrogen-bond donors (Lipinski definition) is 0. The van der Waals surface area contributed by atoms with Crippen molar-refractivity contribution in [1.29, 1.82) is 0 Å². The van der Waals surface area contributed by atoms with Crippen LogP contribution in [0.4, 0.5) is 5.82 Å². The summed E-state index contributed by atoms with van der Waals surface area (Å²) in [6.07, 6.45) is 2.54. The van der Waals surface area contributed by atoms with E-state index >= 15 is 0 Å². The van der Waals surface area contributed by atoms with Crippen LogP contribution < -0.4 is 4.90 Å². The van der Waals surface area contributed by atoms with Crippen LogP contribution in [0, 0.1) is 0 Å². The molecule has 1 aliphatic rings. The Morgan fingerprint density at radius 1 is 1.18 bits per heavy atom. The highest BCUT2D eigenvalue weighted by Crippen LogP contribution is 2.26. The predicted octanol–water partition coefficient (Wildman–Crippen LogP) is 3.57. The largest absolute Gasteiger partial charge is 0.357 e. The molecule has 0 spiro atoms. The maximum absolute atomic E-state index is 6.04. The molecule has 1 fully saturated rings. The average Bonchev–Trinajstić information content (AvgIpc) is 2.91. The fourth-order valence-corrected chi connectivity index (χ4v) is 2.67. The third-order valence-corrected chi connectivity index (χ3v) is 3.65. The number of fused-ring (bicyclic) bond motifs is 1. The van der Waals surface area contributed by atoms with Crippen LogP contribution in [0.5, 0.6) is 0 Å². The molecule has 0 atom stereocenters. The van der Waals surface area contributed by atoms with E-state index < -0.39 is 0 Å². The van der Waals surface area contributed by atoms with Crippen LogP contribution in [-0.2, 0) is 5.88 Å². The Hall–Kier alpha value is -1.28. The van der Waals surface area contributed by atoms with E-state index in [0.717, 1.165) is 24.4 Å². The third kappa shape index (κ3) is 1.98. The van der Waals surface area contributed by atoms with Crippen molar-refractivity contribution in [2.24, 2.45) is 0 Å². The summed E-state index contributed by atoms with van der Waals surface area (Å²) in [6.45, 7) is 2.24. The Bertz CT molecular complexity index is 533. The van der Waals surface area contributed by atoms with Crippen LogP contribution >= 0.6 is 11.6 Å². The highest BCUT2D eigenvalue weighted by molar-refractivity contribution is 6.18. The Morgan fingerprint density at radius 3 is 2.71 bits per heavy atom. The fourth-order valence-electron chi connectivity index (χ4n) is 2.45. The summed E-state index contributed by atoms with van der Waals surface area (Å²) in [7, 11) is 0. The highest BCUT2D eigenvalue weighted by atomic mass is 35.5. The number of hydrogen-bond acceptors (Lipinski definition) is 2. The predicted molar refractivity (Wildman–Crippen MR) is 72.7 cm³/mol. The first-order chi connectivity index (χ1) is 8.38. The summed E-state index contributed by atoms with van der Waals surface area (Å²) in [4.78, 5) is 7.08. The monoisotopic (exact) mass is 246 g/mol. The van der Waals surface area contributed by atoms with E-state index in [1.54, 1.807) is 0 Å². The minimum Gasteiger partial charge on any atom is -0.357 e. The zero-order valence-corrected chi connectivity index (χ0v) is 10.5. The van der Waals surface area contributed by atoms with Gasteiger partial charge in [0, 0.05) is 24.4 Å². The first-order valence-electron chi connectivity index (χ1n) is 6.08. The molecule has 1 aliphatic heterocycles. The Kier molecular flexibility index (Phi) is 2.89. The molecule has 0 unspecified atom stereocenters. The summed E-state index contributed by atoms with van der Waals surface area (Å²) in [5, 5.41) is 1.17. The molecule has 0 aliphatic carbocycles. The highest BCUT2D eigenvalue weighted by Gasteiger charge is 2.15. The van der Waals surface area contributed by atoms with Gasteiger partial charge in [-0.3, -0.25) is 0 Å². The number of nitrogens with zero attached hydrogens (tertiary/aromatic N) is 2. The molecule has 0 bridgehead atoms. The zero-order valence-electron chi connectivity index (χ0n) is 9.69. The number of aromatic nitrogens is 1. The molecule has 1 saturated heterocycles. The quantitative estimate of drug-likeness (QED) is 0.753. The van der Waals surface area contributed by atoms with Gasteiger partial charge in [-0.25, -0.2) is 4.98 Å². The van der Waals surface area contributed by atoms with Crippen LogP contribution in [0.3, 0.4) is 0 Å². The Morgan fingerprint density at radius 2 is 1.94 bits per heavy atom. The Labute approximate surface area is 106 Å². The van der Waals surface area contributed by atoms with Gasteiger partial charge in [0.05, 0.1) is 5.52 Å². The smallest absolute Gasteiger partial charge is 0.129 e. The molecule has 0 radical (unpaired) electrons. The average molecular weight is 247 g/mol. The minimum absolute atomic E-state index is 0.546. The molecule has 1 aromatic carbocycles. The second kappa shape index (κ2) is 4.53. The lowest BCUT2D eigenvalue weighted by Crippen LogP contribution is -2.19. The van der Waals surface area contributed by atoms with Gasteiger partial charge < -0.3 is 4.90 Å². The van der Waals surface area contributed by atoms with E-state index in [1.807, 2.05) is 12.1 Å². The van der Waals surface area contributed by atoms with Crippen molar-refractivity contribution in [3.8, 4) is 0 Å². The van der Waals surface area contributed by atoms with Crippen LogP contribution in [0.2, 0.25) is 0 Å². The van der Waals surface area contributed by atoms with Gasteiger partial charge in [-0.15, -0.1) is 11.6 Å². The van der Waals surface area contributed by atoms with E-state index in [9.17, 15) is 0 Å². The molecule has 0 amide bonds. The van der Waals surface area contributed by atoms with Crippen LogP contribution in [0.15, 0.2) is 30.3 Å². The molecule has 0 N–H and O–H groups in total. The maximum Gasteiger partial charge on any atom is 0.129 e. The summed E-state index contributed by atoms with van der Waals surface area (Å²) < 4.78 is 0. The van der Waals surface area contributed by atoms with Crippen molar-refractivity contribution in [2.75, 3.05) is 18.0 Å². The van der Waals surface area contributed by atoms with E-state index in [4.69, 9.17) is 16.6 Å². The van der Waals surface area contributed by atoms with Gasteiger partial charge in [0.2, 0.25) is 0 Å². The lowest BCUT2D eigenvalue weighted by molar-refractivity contribution is 0.942. The van der Waals surface area contributed by atoms with Crippen LogP contribution in [0.1, 0.15) is 18.4 Å². The minimum atomic E-state index is 0.546. The molecule has 2 heterocycles. The lowest BCUT2D eigenvalue weighted by atomic mass is 10.1. The molecule has 1 aromatic heterocycles. The van der Waals surface area contributed by atoms with E-state index in [-0.39, 0.29) is 0 Å². The van der Waals surface area contributed by atoms with Crippen molar-refractivity contribution in [2.45, 2.75) is 18.7 Å². The molecule has 17 heavy (non-hydrogen) atoms. The van der Waals surface area contributed by atoms with Gasteiger partial charge >= 0.3 is 0 Å². The fraction of sp³-hybridized carbons (Fsp3) is 0.357. The molecular formula is C14H15ClN2. The number of halogens is 1. The van der Waals surface area contributed by atoms with Gasteiger partial charge in [0.15, 0.2) is 0 Å². The first-order valence-corrected chi connectivity index (χ1v) is 6.61. The van der Waals surface area contributed by atoms with E-state index in [2.05, 4.69) is 23.1 Å². The number of anilines is 1. The zero-order chi connectivity index (χ0) is 11.7. The molecule has 0 saturated carbocycles. The molecule has 88 valence electrons. The van der Waals surface area contributed by atoms with Crippen molar-refractivity contribution in [3.05, 3.63) is 35.9 Å². The number of rotatable bonds is 2. The van der Waals surface area contributed by atoms with Crippen molar-refractivity contribution in [1.82, 2.24) is 4.98 Å². The van der Waals surface area contributed by atoms with E-state index in [1.165, 1.54) is 23.8 Å². The van der Waals surface area contributed by atoms with Crippen molar-refractivity contribution < 1.29 is 0 Å². The van der Waals surface area contributed by atoms with Crippen molar-refractivity contribution in [3.63, 3.8) is 0 Å². The molecule has 2 nitrogen and oxygen atoms in total. The maximum atomic E-state index is 6.04. The van der Waals surface area contributed by atoms with Gasteiger partial charge in [-0.1, -0.05) is 18.2 Å². The van der Waals surface area contributed by atoms with Gasteiger partial charge in [-0.05, 0) is 30.5 Å². The lowest BCUT2D eigenvalue weighted by Gasteiger charge is -2.18. The van der Waals surface area contributed by atoms with Gasteiger partial charge in [0.25, 0.3) is 0 Å². The molecule has 3 heteroatoms. The summed E-state index contributed by atoms with van der Waals surface area (Å²) in [5.74, 6) is 1.63. The Balaban J connectivity index is 2.13. The molecule has 3 rings (SSSR count). The standard InChI is InChI=1S/C14H15ClN2/c15-10-11-9-14(17-7-3-4-8-17)16-13-6-2-1-5-12(11)13/h1-2,5-6,9H,3-4,7-8,10H2. The molecule has 2 aromatic rings. The van der Waals surface area contributed by atoms with Crippen LogP contribution in [-0.4, -0.2) is 18.1 Å². The van der Waals surface area contributed by atoms with E-state index in [0.29, 0.717) is 5.88 Å². The van der Waals surface area contributed by atoms with Gasteiger partial charge in [0.1, 0.15) is 5.82 Å². The SMILES string of the molecule is ClCc1cc(N2CCCC2)nc2ccccc12.